The van der Waals surface area contributed by atoms with Gasteiger partial charge >= 0.3 is 0 Å². The lowest BCUT2D eigenvalue weighted by Crippen LogP contribution is -1.93. The van der Waals surface area contributed by atoms with Crippen molar-refractivity contribution in [1.82, 2.24) is 14.5 Å². The summed E-state index contributed by atoms with van der Waals surface area (Å²) in [7, 11) is 0. The van der Waals surface area contributed by atoms with Gasteiger partial charge in [0.15, 0.2) is 0 Å². The van der Waals surface area contributed by atoms with Crippen molar-refractivity contribution in [2.24, 2.45) is 0 Å². The first-order valence-electron chi connectivity index (χ1n) is 7.35. The first-order valence-corrected chi connectivity index (χ1v) is 7.73. The zero-order valence-corrected chi connectivity index (χ0v) is 13.3. The van der Waals surface area contributed by atoms with Crippen LogP contribution in [0.2, 0.25) is 5.15 Å². The fraction of sp³-hybridized carbons (Fsp3) is 0. The van der Waals surface area contributed by atoms with Gasteiger partial charge in [-0.05, 0) is 29.8 Å². The Morgan fingerprint density at radius 2 is 1.83 bits per heavy atom. The quantitative estimate of drug-likeness (QED) is 0.504. The van der Waals surface area contributed by atoms with Gasteiger partial charge < -0.3 is 4.57 Å². The molecule has 0 amide bonds. The van der Waals surface area contributed by atoms with Crippen molar-refractivity contribution in [3.8, 4) is 22.9 Å². The summed E-state index contributed by atoms with van der Waals surface area (Å²) in [5, 5.41) is 10.3. The van der Waals surface area contributed by atoms with E-state index in [4.69, 9.17) is 16.9 Å². The van der Waals surface area contributed by atoms with Crippen LogP contribution in [0.15, 0.2) is 67.1 Å². The summed E-state index contributed by atoms with van der Waals surface area (Å²) in [5.74, 6) is 0. The molecule has 0 radical (unpaired) electrons. The molecule has 4 nitrogen and oxygen atoms in total. The van der Waals surface area contributed by atoms with Crippen molar-refractivity contribution in [3.05, 3.63) is 77.8 Å². The smallest absolute Gasteiger partial charge is 0.150 e. The molecule has 4 aromatic rings. The third kappa shape index (κ3) is 2.32. The highest BCUT2D eigenvalue weighted by atomic mass is 35.5. The Labute approximate surface area is 143 Å². The molecule has 0 aliphatic rings. The maximum atomic E-state index is 9.15. The summed E-state index contributed by atoms with van der Waals surface area (Å²) < 4.78 is 1.98. The Morgan fingerprint density at radius 1 is 1.00 bits per heavy atom. The van der Waals surface area contributed by atoms with E-state index in [0.29, 0.717) is 10.7 Å². The molecule has 24 heavy (non-hydrogen) atoms. The van der Waals surface area contributed by atoms with E-state index in [2.05, 4.69) is 16.0 Å². The molecule has 114 valence electrons. The fourth-order valence-corrected chi connectivity index (χ4v) is 3.02. The molecule has 0 fully saturated rings. The lowest BCUT2D eigenvalue weighted by molar-refractivity contribution is 1.08. The van der Waals surface area contributed by atoms with Crippen LogP contribution in [0.4, 0.5) is 0 Å². The zero-order valence-electron chi connectivity index (χ0n) is 12.5. The molecule has 4 rings (SSSR count). The number of para-hydroxylation sites is 1. The Hall–Kier alpha value is -3.16. The van der Waals surface area contributed by atoms with Crippen LogP contribution in [-0.2, 0) is 0 Å². The molecule has 0 spiro atoms. The number of hydrogen-bond acceptors (Lipinski definition) is 3. The van der Waals surface area contributed by atoms with Gasteiger partial charge in [-0.3, -0.25) is 0 Å². The van der Waals surface area contributed by atoms with E-state index < -0.39 is 0 Å². The topological polar surface area (TPSA) is 54.5 Å². The van der Waals surface area contributed by atoms with Gasteiger partial charge in [0.2, 0.25) is 0 Å². The number of halogens is 1. The molecular formula is C19H11ClN4. The SMILES string of the molecule is N#Cc1cccc(-c2cn(-c3ccccc3)c3ncnc(Cl)c23)c1. The standard InChI is InChI=1S/C19H11ClN4/c20-18-17-16(14-6-4-5-13(9-14)10-21)11-24(19(17)23-12-22-18)15-7-2-1-3-8-15/h1-9,11-12H. The third-order valence-corrected chi connectivity index (χ3v) is 4.16. The molecule has 0 atom stereocenters. The lowest BCUT2D eigenvalue weighted by atomic mass is 10.0. The van der Waals surface area contributed by atoms with E-state index in [1.54, 1.807) is 6.07 Å². The van der Waals surface area contributed by atoms with Crippen LogP contribution in [0.5, 0.6) is 0 Å². The number of fused-ring (bicyclic) bond motifs is 1. The summed E-state index contributed by atoms with van der Waals surface area (Å²) in [6.45, 7) is 0. The monoisotopic (exact) mass is 330 g/mol. The van der Waals surface area contributed by atoms with Gasteiger partial charge in [-0.1, -0.05) is 41.9 Å². The molecule has 0 N–H and O–H groups in total. The number of nitriles is 1. The van der Waals surface area contributed by atoms with Crippen molar-refractivity contribution >= 4 is 22.6 Å². The minimum absolute atomic E-state index is 0.395. The van der Waals surface area contributed by atoms with Crippen molar-refractivity contribution in [2.75, 3.05) is 0 Å². The first-order chi connectivity index (χ1) is 11.8. The van der Waals surface area contributed by atoms with E-state index in [0.717, 1.165) is 27.8 Å². The minimum Gasteiger partial charge on any atom is -0.301 e. The molecule has 2 aromatic heterocycles. The van der Waals surface area contributed by atoms with Gasteiger partial charge in [0.05, 0.1) is 17.0 Å². The van der Waals surface area contributed by atoms with E-state index in [1.807, 2.05) is 59.3 Å². The average molecular weight is 331 g/mol. The third-order valence-electron chi connectivity index (χ3n) is 3.87. The summed E-state index contributed by atoms with van der Waals surface area (Å²) >= 11 is 6.36. The minimum atomic E-state index is 0.395. The van der Waals surface area contributed by atoms with Gasteiger partial charge in [-0.25, -0.2) is 9.97 Å². The predicted molar refractivity (Wildman–Crippen MR) is 94.0 cm³/mol. The highest BCUT2D eigenvalue weighted by molar-refractivity contribution is 6.35. The second-order valence-corrected chi connectivity index (χ2v) is 5.66. The van der Waals surface area contributed by atoms with Crippen LogP contribution in [-0.4, -0.2) is 14.5 Å². The summed E-state index contributed by atoms with van der Waals surface area (Å²) in [6, 6.07) is 19.5. The van der Waals surface area contributed by atoms with Gasteiger partial charge in [0, 0.05) is 17.4 Å². The predicted octanol–water partition coefficient (Wildman–Crippen LogP) is 4.61. The number of benzene rings is 2. The average Bonchev–Trinajstić information content (AvgIpc) is 3.04. The number of hydrogen-bond donors (Lipinski definition) is 0. The van der Waals surface area contributed by atoms with Crippen LogP contribution >= 0.6 is 11.6 Å². The Kier molecular flexibility index (Phi) is 3.49. The number of nitrogens with zero attached hydrogens (tertiary/aromatic N) is 4. The summed E-state index contributed by atoms with van der Waals surface area (Å²) in [4.78, 5) is 8.53. The van der Waals surface area contributed by atoms with Gasteiger partial charge in [0.1, 0.15) is 17.1 Å². The molecular weight excluding hydrogens is 320 g/mol. The highest BCUT2D eigenvalue weighted by Crippen LogP contribution is 2.35. The largest absolute Gasteiger partial charge is 0.301 e. The van der Waals surface area contributed by atoms with E-state index in [1.165, 1.54) is 6.33 Å². The molecule has 2 heterocycles. The first kappa shape index (κ1) is 14.4. The molecule has 0 aliphatic carbocycles. The van der Waals surface area contributed by atoms with E-state index in [9.17, 15) is 0 Å². The van der Waals surface area contributed by atoms with Crippen molar-refractivity contribution in [1.29, 1.82) is 5.26 Å². The zero-order chi connectivity index (χ0) is 16.5. The molecule has 0 aliphatic heterocycles. The van der Waals surface area contributed by atoms with E-state index >= 15 is 0 Å². The van der Waals surface area contributed by atoms with Crippen molar-refractivity contribution in [3.63, 3.8) is 0 Å². The summed E-state index contributed by atoms with van der Waals surface area (Å²) in [5.41, 5.74) is 4.13. The highest BCUT2D eigenvalue weighted by Gasteiger charge is 2.16. The molecule has 0 unspecified atom stereocenters. The van der Waals surface area contributed by atoms with Crippen LogP contribution < -0.4 is 0 Å². The number of aromatic nitrogens is 3. The molecule has 5 heteroatoms. The fourth-order valence-electron chi connectivity index (χ4n) is 2.79. The normalized spacial score (nSPS) is 10.7. The Balaban J connectivity index is 2.05. The van der Waals surface area contributed by atoms with Crippen molar-refractivity contribution < 1.29 is 0 Å². The van der Waals surface area contributed by atoms with Crippen LogP contribution in [0.3, 0.4) is 0 Å². The van der Waals surface area contributed by atoms with Gasteiger partial charge in [0.25, 0.3) is 0 Å². The lowest BCUT2D eigenvalue weighted by Gasteiger charge is -2.03. The maximum Gasteiger partial charge on any atom is 0.150 e. The molecule has 0 saturated heterocycles. The van der Waals surface area contributed by atoms with E-state index in [-0.39, 0.29) is 0 Å². The Morgan fingerprint density at radius 3 is 2.62 bits per heavy atom. The molecule has 0 saturated carbocycles. The van der Waals surface area contributed by atoms with Crippen molar-refractivity contribution in [2.45, 2.75) is 0 Å². The molecule has 2 aromatic carbocycles. The maximum absolute atomic E-state index is 9.15. The van der Waals surface area contributed by atoms with Gasteiger partial charge in [-0.15, -0.1) is 0 Å². The van der Waals surface area contributed by atoms with Crippen LogP contribution in [0.1, 0.15) is 5.56 Å². The Bertz CT molecular complexity index is 1080. The second kappa shape index (κ2) is 5.80. The molecule has 0 bridgehead atoms. The second-order valence-electron chi connectivity index (χ2n) is 5.30. The van der Waals surface area contributed by atoms with Gasteiger partial charge in [-0.2, -0.15) is 5.26 Å². The van der Waals surface area contributed by atoms with Crippen LogP contribution in [0, 0.1) is 11.3 Å². The van der Waals surface area contributed by atoms with Crippen LogP contribution in [0.25, 0.3) is 27.8 Å². The number of rotatable bonds is 2. The summed E-state index contributed by atoms with van der Waals surface area (Å²) in [6.07, 6.45) is 3.44.